The Labute approximate surface area is 196 Å². The minimum Gasteiger partial charge on any atom is -0.497 e. The van der Waals surface area contributed by atoms with Crippen molar-refractivity contribution in [1.82, 2.24) is 19.5 Å². The number of piperazine rings is 1. The minimum absolute atomic E-state index is 0.0947. The van der Waals surface area contributed by atoms with Crippen LogP contribution in [0.15, 0.2) is 48.5 Å². The van der Waals surface area contributed by atoms with E-state index >= 15 is 0 Å². The van der Waals surface area contributed by atoms with Gasteiger partial charge in [0.15, 0.2) is 0 Å². The third-order valence-electron chi connectivity index (χ3n) is 6.10. The second kappa shape index (κ2) is 8.92. The number of ether oxygens (including phenoxy) is 2. The van der Waals surface area contributed by atoms with Crippen LogP contribution in [0.3, 0.4) is 0 Å². The molecule has 9 heteroatoms. The number of benzene rings is 2. The number of anilines is 1. The fourth-order valence-corrected chi connectivity index (χ4v) is 5.53. The normalized spacial score (nSPS) is 15.7. The average Bonchev–Trinajstić information content (AvgIpc) is 3.37. The summed E-state index contributed by atoms with van der Waals surface area (Å²) in [5.74, 6) is 2.48. The molecule has 8 nitrogen and oxygen atoms in total. The van der Waals surface area contributed by atoms with Gasteiger partial charge in [0, 0.05) is 31.9 Å². The van der Waals surface area contributed by atoms with Gasteiger partial charge in [-0.15, -0.1) is 5.10 Å². The maximum absolute atomic E-state index is 11.0. The number of rotatable bonds is 6. The molecule has 0 aliphatic carbocycles. The standard InChI is InChI=1S/C24H27N5O3S/c1-16-25-24-29(26-16)23(30)22(33-24)21(17-4-8-19(31-2)9-5-17)28-14-12-27(13-15-28)18-6-10-20(32-3)11-7-18/h4-11,21,30H,12-15H2,1-3H3/t21-/m1/s1. The highest BCUT2D eigenvalue weighted by Gasteiger charge is 2.31. The maximum atomic E-state index is 11.0. The van der Waals surface area contributed by atoms with Crippen molar-refractivity contribution in [2.75, 3.05) is 45.3 Å². The molecule has 0 spiro atoms. The zero-order valence-corrected chi connectivity index (χ0v) is 19.7. The highest BCUT2D eigenvalue weighted by molar-refractivity contribution is 7.17. The van der Waals surface area contributed by atoms with Crippen LogP contribution in [-0.2, 0) is 0 Å². The van der Waals surface area contributed by atoms with E-state index in [9.17, 15) is 5.11 Å². The van der Waals surface area contributed by atoms with Crippen LogP contribution < -0.4 is 14.4 Å². The largest absolute Gasteiger partial charge is 0.497 e. The highest BCUT2D eigenvalue weighted by Crippen LogP contribution is 2.40. The van der Waals surface area contributed by atoms with E-state index in [1.165, 1.54) is 17.0 Å². The summed E-state index contributed by atoms with van der Waals surface area (Å²) in [5, 5.41) is 15.4. The van der Waals surface area contributed by atoms with Crippen molar-refractivity contribution in [3.8, 4) is 17.4 Å². The summed E-state index contributed by atoms with van der Waals surface area (Å²) in [4.78, 5) is 10.8. The van der Waals surface area contributed by atoms with Crippen LogP contribution in [0, 0.1) is 6.92 Å². The molecule has 172 valence electrons. The lowest BCUT2D eigenvalue weighted by atomic mass is 10.0. The van der Waals surface area contributed by atoms with E-state index in [2.05, 4.69) is 44.1 Å². The molecule has 0 bridgehead atoms. The molecule has 0 amide bonds. The van der Waals surface area contributed by atoms with Crippen LogP contribution in [0.5, 0.6) is 17.4 Å². The number of nitrogens with zero attached hydrogens (tertiary/aromatic N) is 5. The van der Waals surface area contributed by atoms with Crippen LogP contribution >= 0.6 is 11.3 Å². The molecule has 1 aliphatic rings. The van der Waals surface area contributed by atoms with E-state index in [-0.39, 0.29) is 11.9 Å². The van der Waals surface area contributed by atoms with Gasteiger partial charge in [-0.05, 0) is 48.9 Å². The van der Waals surface area contributed by atoms with Crippen LogP contribution in [0.4, 0.5) is 5.69 Å². The average molecular weight is 466 g/mol. The van der Waals surface area contributed by atoms with Crippen LogP contribution in [-0.4, -0.2) is 65.0 Å². The van der Waals surface area contributed by atoms with Gasteiger partial charge < -0.3 is 19.5 Å². The maximum Gasteiger partial charge on any atom is 0.230 e. The molecule has 33 heavy (non-hydrogen) atoms. The van der Waals surface area contributed by atoms with Crippen LogP contribution in [0.1, 0.15) is 22.3 Å². The molecule has 4 aromatic rings. The van der Waals surface area contributed by atoms with Crippen molar-refractivity contribution in [3.63, 3.8) is 0 Å². The van der Waals surface area contributed by atoms with Crippen molar-refractivity contribution in [1.29, 1.82) is 0 Å². The first-order valence-corrected chi connectivity index (χ1v) is 11.7. The number of aryl methyl sites for hydroxylation is 1. The Hall–Kier alpha value is -3.30. The summed E-state index contributed by atoms with van der Waals surface area (Å²) in [6.45, 7) is 5.32. The van der Waals surface area contributed by atoms with Gasteiger partial charge in [-0.25, -0.2) is 4.98 Å². The number of methoxy groups -OCH3 is 2. The number of fused-ring (bicyclic) bond motifs is 1. The Kier molecular flexibility index (Phi) is 5.82. The smallest absolute Gasteiger partial charge is 0.230 e. The Morgan fingerprint density at radius 2 is 1.52 bits per heavy atom. The van der Waals surface area contributed by atoms with Gasteiger partial charge in [0.2, 0.25) is 10.8 Å². The van der Waals surface area contributed by atoms with Crippen molar-refractivity contribution < 1.29 is 14.6 Å². The summed E-state index contributed by atoms with van der Waals surface area (Å²) in [6.07, 6.45) is 0. The van der Waals surface area contributed by atoms with E-state index in [0.717, 1.165) is 48.1 Å². The van der Waals surface area contributed by atoms with Gasteiger partial charge in [0.25, 0.3) is 0 Å². The molecular formula is C24H27N5O3S. The summed E-state index contributed by atoms with van der Waals surface area (Å²) in [6, 6.07) is 16.2. The number of hydrogen-bond acceptors (Lipinski definition) is 8. The fraction of sp³-hybridized carbons (Fsp3) is 0.333. The quantitative estimate of drug-likeness (QED) is 0.465. The Morgan fingerprint density at radius 1 is 0.909 bits per heavy atom. The van der Waals surface area contributed by atoms with Crippen LogP contribution in [0.2, 0.25) is 0 Å². The minimum atomic E-state index is -0.0947. The van der Waals surface area contributed by atoms with E-state index in [0.29, 0.717) is 10.8 Å². The molecule has 1 aliphatic heterocycles. The lowest BCUT2D eigenvalue weighted by Crippen LogP contribution is -2.47. The van der Waals surface area contributed by atoms with E-state index in [1.807, 2.05) is 31.2 Å². The van der Waals surface area contributed by atoms with Gasteiger partial charge in [0.1, 0.15) is 17.3 Å². The zero-order chi connectivity index (χ0) is 22.9. The Bertz CT molecular complexity index is 1230. The molecule has 5 rings (SSSR count). The first kappa shape index (κ1) is 21.5. The molecule has 0 unspecified atom stereocenters. The molecule has 1 saturated heterocycles. The van der Waals surface area contributed by atoms with Crippen molar-refractivity contribution in [2.24, 2.45) is 0 Å². The van der Waals surface area contributed by atoms with Gasteiger partial charge in [-0.2, -0.15) is 4.52 Å². The van der Waals surface area contributed by atoms with Crippen molar-refractivity contribution in [2.45, 2.75) is 13.0 Å². The van der Waals surface area contributed by atoms with Crippen molar-refractivity contribution >= 4 is 22.0 Å². The Balaban J connectivity index is 1.44. The van der Waals surface area contributed by atoms with E-state index in [4.69, 9.17) is 9.47 Å². The van der Waals surface area contributed by atoms with E-state index < -0.39 is 0 Å². The van der Waals surface area contributed by atoms with Gasteiger partial charge in [-0.1, -0.05) is 23.5 Å². The molecule has 2 aromatic heterocycles. The summed E-state index contributed by atoms with van der Waals surface area (Å²) < 4.78 is 12.2. The van der Waals surface area contributed by atoms with Gasteiger partial charge in [-0.3, -0.25) is 4.90 Å². The topological polar surface area (TPSA) is 75.4 Å². The summed E-state index contributed by atoms with van der Waals surface area (Å²) in [7, 11) is 3.35. The third kappa shape index (κ3) is 4.09. The molecule has 0 radical (unpaired) electrons. The molecule has 0 saturated carbocycles. The number of aromatic nitrogens is 3. The Morgan fingerprint density at radius 3 is 2.09 bits per heavy atom. The zero-order valence-electron chi connectivity index (χ0n) is 18.9. The second-order valence-corrected chi connectivity index (χ2v) is 9.05. The molecule has 2 aromatic carbocycles. The third-order valence-corrected chi connectivity index (χ3v) is 7.18. The fourth-order valence-electron chi connectivity index (χ4n) is 4.37. The summed E-state index contributed by atoms with van der Waals surface area (Å²) >= 11 is 1.49. The lowest BCUT2D eigenvalue weighted by molar-refractivity contribution is 0.211. The van der Waals surface area contributed by atoms with Crippen LogP contribution in [0.25, 0.3) is 4.96 Å². The van der Waals surface area contributed by atoms with Gasteiger partial charge >= 0.3 is 0 Å². The van der Waals surface area contributed by atoms with Crippen molar-refractivity contribution in [3.05, 3.63) is 64.8 Å². The first-order chi connectivity index (χ1) is 16.1. The molecular weight excluding hydrogens is 438 g/mol. The molecule has 3 heterocycles. The SMILES string of the molecule is COc1ccc([C@H](c2sc3nc(C)nn3c2O)N2CCN(c3ccc(OC)cc3)CC2)cc1. The van der Waals surface area contributed by atoms with E-state index in [1.54, 1.807) is 18.7 Å². The predicted molar refractivity (Wildman–Crippen MR) is 129 cm³/mol. The number of thiazole rings is 1. The second-order valence-electron chi connectivity index (χ2n) is 8.04. The summed E-state index contributed by atoms with van der Waals surface area (Å²) in [5.41, 5.74) is 2.29. The monoisotopic (exact) mass is 465 g/mol. The number of aromatic hydroxyl groups is 1. The molecule has 1 N–H and O–H groups in total. The highest BCUT2D eigenvalue weighted by atomic mass is 32.1. The predicted octanol–water partition coefficient (Wildman–Crippen LogP) is 3.73. The first-order valence-electron chi connectivity index (χ1n) is 10.9. The molecule has 1 fully saturated rings. The van der Waals surface area contributed by atoms with Gasteiger partial charge in [0.05, 0.1) is 25.1 Å². The lowest BCUT2D eigenvalue weighted by Gasteiger charge is -2.40. The molecule has 1 atom stereocenters. The number of hydrogen-bond donors (Lipinski definition) is 1.